The molecule has 0 aliphatic carbocycles. The van der Waals surface area contributed by atoms with Crippen LogP contribution in [0.25, 0.3) is 0 Å². The lowest BCUT2D eigenvalue weighted by atomic mass is 10.4. The van der Waals surface area contributed by atoms with Gasteiger partial charge in [0.2, 0.25) is 6.54 Å². The molecule has 0 aromatic carbocycles. The van der Waals surface area contributed by atoms with E-state index in [4.69, 9.17) is 0 Å². The highest BCUT2D eigenvalue weighted by Crippen LogP contribution is 2.00. The van der Waals surface area contributed by atoms with Crippen LogP contribution in [0.2, 0.25) is 0 Å². The van der Waals surface area contributed by atoms with Crippen LogP contribution in [-0.2, 0) is 11.3 Å². The first-order valence-electron chi connectivity index (χ1n) is 4.99. The Bertz CT molecular complexity index is 501. The number of halogens is 1. The smallest absolute Gasteiger partial charge is 0.305 e. The molecule has 2 aromatic heterocycles. The molecular weight excluding hydrogens is 272 g/mol. The van der Waals surface area contributed by atoms with E-state index < -0.39 is 0 Å². The zero-order valence-electron chi connectivity index (χ0n) is 9.36. The highest BCUT2D eigenvalue weighted by atomic mass is 35.5. The van der Waals surface area contributed by atoms with E-state index in [9.17, 15) is 4.79 Å². The Kier molecular flexibility index (Phi) is 5.96. The van der Waals surface area contributed by atoms with Crippen LogP contribution in [0.1, 0.15) is 4.88 Å². The normalized spacial score (nSPS) is 10.0. The standard InChI is InChI=1S/C11H10N4OS.ClH/c16-11(8-15-4-2-1-3-5-15)14-13-7-10-6-12-9-17-10;/h1-7,9H,8H2;1H/b13-7-;. The van der Waals surface area contributed by atoms with E-state index in [-0.39, 0.29) is 24.9 Å². The van der Waals surface area contributed by atoms with Gasteiger partial charge in [-0.05, 0) is 0 Å². The molecule has 0 saturated heterocycles. The molecule has 0 aliphatic rings. The number of hydrogen-bond acceptors (Lipinski definition) is 4. The fraction of sp³-hybridized carbons (Fsp3) is 0.0909. The minimum atomic E-state index is -0.165. The third-order valence-corrected chi connectivity index (χ3v) is 2.65. The first kappa shape index (κ1) is 14.3. The molecule has 0 bridgehead atoms. The molecule has 0 saturated carbocycles. The molecule has 1 N–H and O–H groups in total. The Morgan fingerprint density at radius 2 is 2.22 bits per heavy atom. The third-order valence-electron chi connectivity index (χ3n) is 1.94. The molecule has 2 aromatic rings. The number of amides is 1. The summed E-state index contributed by atoms with van der Waals surface area (Å²) in [5.74, 6) is -0.165. The van der Waals surface area contributed by atoms with E-state index in [0.29, 0.717) is 0 Å². The third kappa shape index (κ3) is 4.60. The molecule has 2 rings (SSSR count). The van der Waals surface area contributed by atoms with Crippen molar-refractivity contribution in [2.45, 2.75) is 6.54 Å². The summed E-state index contributed by atoms with van der Waals surface area (Å²) in [7, 11) is 0. The van der Waals surface area contributed by atoms with E-state index in [2.05, 4.69) is 15.5 Å². The van der Waals surface area contributed by atoms with Crippen molar-refractivity contribution in [1.29, 1.82) is 0 Å². The fourth-order valence-corrected chi connectivity index (χ4v) is 1.68. The molecule has 0 radical (unpaired) electrons. The Hall–Kier alpha value is -1.79. The number of pyridine rings is 1. The minimum Gasteiger partial charge on any atom is -1.00 e. The molecule has 18 heavy (non-hydrogen) atoms. The number of carbonyl (C=O) groups excluding carboxylic acids is 1. The van der Waals surface area contributed by atoms with Crippen molar-refractivity contribution in [2.75, 3.05) is 0 Å². The summed E-state index contributed by atoms with van der Waals surface area (Å²) in [6.07, 6.45) is 6.91. The Labute approximate surface area is 115 Å². The summed E-state index contributed by atoms with van der Waals surface area (Å²) >= 11 is 1.46. The Morgan fingerprint density at radius 3 is 2.89 bits per heavy atom. The van der Waals surface area contributed by atoms with Crippen LogP contribution >= 0.6 is 11.3 Å². The second-order valence-electron chi connectivity index (χ2n) is 3.24. The van der Waals surface area contributed by atoms with Crippen molar-refractivity contribution in [3.8, 4) is 0 Å². The van der Waals surface area contributed by atoms with Crippen LogP contribution in [0.15, 0.2) is 47.4 Å². The summed E-state index contributed by atoms with van der Waals surface area (Å²) in [4.78, 5) is 16.3. The van der Waals surface area contributed by atoms with Gasteiger partial charge in [0.25, 0.3) is 0 Å². The molecule has 5 nitrogen and oxygen atoms in total. The van der Waals surface area contributed by atoms with Crippen molar-refractivity contribution >= 4 is 23.5 Å². The largest absolute Gasteiger partial charge is 1.00 e. The monoisotopic (exact) mass is 282 g/mol. The minimum absolute atomic E-state index is 0. The van der Waals surface area contributed by atoms with Crippen LogP contribution in [-0.4, -0.2) is 17.1 Å². The SMILES string of the molecule is O=C(C[n+]1ccccc1)N/N=C\c1cncs1.[Cl-]. The molecular formula is C11H11ClN4OS. The molecule has 0 aliphatic heterocycles. The van der Waals surface area contributed by atoms with Crippen molar-refractivity contribution in [2.24, 2.45) is 5.10 Å². The number of nitrogens with zero attached hydrogens (tertiary/aromatic N) is 3. The van der Waals surface area contributed by atoms with E-state index >= 15 is 0 Å². The van der Waals surface area contributed by atoms with Gasteiger partial charge in [-0.25, -0.2) is 5.43 Å². The first-order chi connectivity index (χ1) is 8.34. The first-order valence-corrected chi connectivity index (χ1v) is 5.87. The molecule has 0 unspecified atom stereocenters. The number of nitrogens with one attached hydrogen (secondary N) is 1. The zero-order valence-corrected chi connectivity index (χ0v) is 10.9. The molecule has 1 amide bonds. The van der Waals surface area contributed by atoms with Crippen LogP contribution in [0.5, 0.6) is 0 Å². The van der Waals surface area contributed by atoms with Crippen molar-refractivity contribution in [3.05, 3.63) is 47.2 Å². The van der Waals surface area contributed by atoms with Crippen LogP contribution < -0.4 is 22.4 Å². The summed E-state index contributed by atoms with van der Waals surface area (Å²) < 4.78 is 1.78. The van der Waals surface area contributed by atoms with E-state index in [1.807, 2.05) is 30.6 Å². The average molecular weight is 283 g/mol. The number of aromatic nitrogens is 2. The highest BCUT2D eigenvalue weighted by Gasteiger charge is 2.06. The van der Waals surface area contributed by atoms with Crippen molar-refractivity contribution < 1.29 is 21.8 Å². The Morgan fingerprint density at radius 1 is 1.44 bits per heavy atom. The Balaban J connectivity index is 0.00000162. The van der Waals surface area contributed by atoms with Gasteiger partial charge in [-0.15, -0.1) is 11.3 Å². The van der Waals surface area contributed by atoms with E-state index in [0.717, 1.165) is 4.88 Å². The molecule has 0 spiro atoms. The quantitative estimate of drug-likeness (QED) is 0.386. The summed E-state index contributed by atoms with van der Waals surface area (Å²) in [6.45, 7) is 0.251. The maximum atomic E-state index is 11.5. The van der Waals surface area contributed by atoms with Gasteiger partial charge in [0.1, 0.15) is 0 Å². The second kappa shape index (κ2) is 7.52. The number of hydrogen-bond donors (Lipinski definition) is 1. The number of carbonyl (C=O) groups is 1. The highest BCUT2D eigenvalue weighted by molar-refractivity contribution is 7.11. The fourth-order valence-electron chi connectivity index (χ4n) is 1.20. The average Bonchev–Trinajstić information content (AvgIpc) is 2.83. The van der Waals surface area contributed by atoms with Gasteiger partial charge in [-0.1, -0.05) is 6.07 Å². The maximum Gasteiger partial charge on any atom is 0.305 e. The van der Waals surface area contributed by atoms with Gasteiger partial charge >= 0.3 is 5.91 Å². The molecule has 7 heteroatoms. The lowest BCUT2D eigenvalue weighted by Crippen LogP contribution is -3.00. The van der Waals surface area contributed by atoms with Gasteiger partial charge in [0.15, 0.2) is 12.4 Å². The summed E-state index contributed by atoms with van der Waals surface area (Å²) in [6, 6.07) is 5.64. The number of hydrazone groups is 1. The van der Waals surface area contributed by atoms with Crippen LogP contribution in [0.3, 0.4) is 0 Å². The van der Waals surface area contributed by atoms with Crippen molar-refractivity contribution in [1.82, 2.24) is 10.4 Å². The number of rotatable bonds is 4. The number of thiazole rings is 1. The van der Waals surface area contributed by atoms with Gasteiger partial charge in [-0.3, -0.25) is 9.78 Å². The molecule has 0 atom stereocenters. The lowest BCUT2D eigenvalue weighted by Gasteiger charge is -1.95. The lowest BCUT2D eigenvalue weighted by molar-refractivity contribution is -0.684. The van der Waals surface area contributed by atoms with Crippen molar-refractivity contribution in [3.63, 3.8) is 0 Å². The van der Waals surface area contributed by atoms with Gasteiger partial charge < -0.3 is 12.4 Å². The van der Waals surface area contributed by atoms with E-state index in [1.54, 1.807) is 22.5 Å². The maximum absolute atomic E-state index is 11.5. The molecule has 2 heterocycles. The van der Waals surface area contributed by atoms with Gasteiger partial charge in [0.05, 0.1) is 16.6 Å². The predicted molar refractivity (Wildman–Crippen MR) is 64.5 cm³/mol. The summed E-state index contributed by atoms with van der Waals surface area (Å²) in [5, 5.41) is 3.84. The van der Waals surface area contributed by atoms with E-state index in [1.165, 1.54) is 11.3 Å². The molecule has 94 valence electrons. The zero-order chi connectivity index (χ0) is 11.9. The van der Waals surface area contributed by atoms with Gasteiger partial charge in [-0.2, -0.15) is 9.67 Å². The van der Waals surface area contributed by atoms with Crippen LogP contribution in [0.4, 0.5) is 0 Å². The predicted octanol–water partition coefficient (Wildman–Crippen LogP) is -2.42. The summed E-state index contributed by atoms with van der Waals surface area (Å²) in [5.41, 5.74) is 4.17. The topological polar surface area (TPSA) is 58.2 Å². The van der Waals surface area contributed by atoms with Crippen LogP contribution in [0, 0.1) is 0 Å². The van der Waals surface area contributed by atoms with Gasteiger partial charge in [0, 0.05) is 18.3 Å². The molecule has 0 fully saturated rings. The second-order valence-corrected chi connectivity index (χ2v) is 4.16.